The van der Waals surface area contributed by atoms with E-state index < -0.39 is 0 Å². The molecule has 1 unspecified atom stereocenters. The minimum atomic E-state index is 0.504. The highest BCUT2D eigenvalue weighted by atomic mass is 16.5. The maximum atomic E-state index is 5.43. The third-order valence-corrected chi connectivity index (χ3v) is 3.10. The molecule has 16 heavy (non-hydrogen) atoms. The first-order valence-electron chi connectivity index (χ1n) is 5.85. The third kappa shape index (κ3) is 2.19. The highest BCUT2D eigenvalue weighted by molar-refractivity contribution is 5.41. The monoisotopic (exact) mass is 214 g/mol. The van der Waals surface area contributed by atoms with Crippen molar-refractivity contribution < 1.29 is 4.74 Å². The summed E-state index contributed by atoms with van der Waals surface area (Å²) in [4.78, 5) is 0. The number of rotatable bonds is 3. The molecule has 0 spiro atoms. The summed E-state index contributed by atoms with van der Waals surface area (Å²) in [5.41, 5.74) is 2.62. The molecule has 1 nitrogen and oxygen atoms in total. The molecule has 1 heteroatoms. The van der Waals surface area contributed by atoms with Crippen molar-refractivity contribution in [2.45, 2.75) is 25.7 Å². The Morgan fingerprint density at radius 3 is 2.81 bits per heavy atom. The average Bonchev–Trinajstić information content (AvgIpc) is 2.39. The summed E-state index contributed by atoms with van der Waals surface area (Å²) < 4.78 is 5.43. The molecule has 0 saturated carbocycles. The van der Waals surface area contributed by atoms with Gasteiger partial charge in [0.1, 0.15) is 5.75 Å². The van der Waals surface area contributed by atoms with Gasteiger partial charge in [-0.25, -0.2) is 0 Å². The van der Waals surface area contributed by atoms with Crippen LogP contribution in [0.4, 0.5) is 0 Å². The molecule has 1 aromatic rings. The van der Waals surface area contributed by atoms with E-state index >= 15 is 0 Å². The summed E-state index contributed by atoms with van der Waals surface area (Å²) in [5, 5.41) is 0. The lowest BCUT2D eigenvalue weighted by Gasteiger charge is -2.16. The molecule has 1 aliphatic rings. The van der Waals surface area contributed by atoms with E-state index in [1.807, 2.05) is 0 Å². The van der Waals surface area contributed by atoms with E-state index in [9.17, 15) is 0 Å². The maximum Gasteiger partial charge on any atom is 0.122 e. The van der Waals surface area contributed by atoms with Crippen LogP contribution < -0.4 is 4.74 Å². The van der Waals surface area contributed by atoms with Gasteiger partial charge in [-0.05, 0) is 30.0 Å². The molecule has 0 aliphatic heterocycles. The van der Waals surface area contributed by atoms with Gasteiger partial charge in [0, 0.05) is 5.92 Å². The van der Waals surface area contributed by atoms with Gasteiger partial charge < -0.3 is 4.74 Å². The Balaban J connectivity index is 2.28. The molecule has 2 rings (SSSR count). The molecule has 0 N–H and O–H groups in total. The van der Waals surface area contributed by atoms with Gasteiger partial charge in [-0.2, -0.15) is 0 Å². The van der Waals surface area contributed by atoms with Crippen LogP contribution in [0.15, 0.2) is 42.5 Å². The number of hydrogen-bond donors (Lipinski definition) is 0. The van der Waals surface area contributed by atoms with Crippen molar-refractivity contribution in [3.05, 3.63) is 53.6 Å². The normalized spacial score (nSPS) is 18.8. The summed E-state index contributed by atoms with van der Waals surface area (Å²) in [7, 11) is 1.74. The highest BCUT2D eigenvalue weighted by Gasteiger charge is 2.10. The first-order valence-corrected chi connectivity index (χ1v) is 5.85. The Bertz CT molecular complexity index is 415. The summed E-state index contributed by atoms with van der Waals surface area (Å²) in [6.45, 7) is 2.15. The van der Waals surface area contributed by atoms with Gasteiger partial charge in [0.15, 0.2) is 0 Å². The van der Waals surface area contributed by atoms with Gasteiger partial charge >= 0.3 is 0 Å². The van der Waals surface area contributed by atoms with Gasteiger partial charge in [-0.15, -0.1) is 0 Å². The standard InChI is InChI=1S/C15H18O/c1-3-12-9-10-14(11-15(12)16-2)13-7-5-4-6-8-13/h4-7,9-11,13H,3,8H2,1-2H3. The first kappa shape index (κ1) is 11.0. The topological polar surface area (TPSA) is 9.23 Å². The lowest BCUT2D eigenvalue weighted by Crippen LogP contribution is -1.98. The van der Waals surface area contributed by atoms with Crippen molar-refractivity contribution >= 4 is 0 Å². The molecule has 0 saturated heterocycles. The van der Waals surface area contributed by atoms with E-state index in [-0.39, 0.29) is 0 Å². The van der Waals surface area contributed by atoms with Crippen LogP contribution >= 0.6 is 0 Å². The van der Waals surface area contributed by atoms with E-state index in [1.165, 1.54) is 11.1 Å². The van der Waals surface area contributed by atoms with Crippen LogP contribution in [-0.2, 0) is 6.42 Å². The van der Waals surface area contributed by atoms with E-state index in [4.69, 9.17) is 4.74 Å². The van der Waals surface area contributed by atoms with E-state index in [0.717, 1.165) is 18.6 Å². The maximum absolute atomic E-state index is 5.43. The zero-order valence-corrected chi connectivity index (χ0v) is 9.94. The lowest BCUT2D eigenvalue weighted by atomic mass is 9.91. The van der Waals surface area contributed by atoms with Gasteiger partial charge in [0.2, 0.25) is 0 Å². The van der Waals surface area contributed by atoms with Gasteiger partial charge in [0.25, 0.3) is 0 Å². The summed E-state index contributed by atoms with van der Waals surface area (Å²) in [6, 6.07) is 6.57. The van der Waals surface area contributed by atoms with Crippen LogP contribution in [0.5, 0.6) is 5.75 Å². The number of ether oxygens (including phenoxy) is 1. The number of methoxy groups -OCH3 is 1. The van der Waals surface area contributed by atoms with Crippen molar-refractivity contribution in [1.82, 2.24) is 0 Å². The Morgan fingerprint density at radius 1 is 1.31 bits per heavy atom. The average molecular weight is 214 g/mol. The fourth-order valence-corrected chi connectivity index (χ4v) is 2.11. The number of hydrogen-bond acceptors (Lipinski definition) is 1. The lowest BCUT2D eigenvalue weighted by molar-refractivity contribution is 0.409. The van der Waals surface area contributed by atoms with Crippen LogP contribution in [0.3, 0.4) is 0 Å². The molecule has 1 aromatic carbocycles. The predicted molar refractivity (Wildman–Crippen MR) is 68.0 cm³/mol. The second-order valence-corrected chi connectivity index (χ2v) is 4.08. The van der Waals surface area contributed by atoms with Gasteiger partial charge in [0.05, 0.1) is 7.11 Å². The molecular weight excluding hydrogens is 196 g/mol. The fraction of sp³-hybridized carbons (Fsp3) is 0.333. The second-order valence-electron chi connectivity index (χ2n) is 4.08. The van der Waals surface area contributed by atoms with E-state index in [1.54, 1.807) is 7.11 Å². The van der Waals surface area contributed by atoms with Gasteiger partial charge in [-0.1, -0.05) is 43.4 Å². The van der Waals surface area contributed by atoms with Crippen LogP contribution in [0.2, 0.25) is 0 Å². The quantitative estimate of drug-likeness (QED) is 0.742. The van der Waals surface area contributed by atoms with Crippen molar-refractivity contribution in [2.24, 2.45) is 0 Å². The summed E-state index contributed by atoms with van der Waals surface area (Å²) in [5.74, 6) is 1.52. The van der Waals surface area contributed by atoms with Crippen LogP contribution in [0, 0.1) is 0 Å². The Labute approximate surface area is 97.4 Å². The van der Waals surface area contributed by atoms with E-state index in [2.05, 4.69) is 49.4 Å². The van der Waals surface area contributed by atoms with Crippen LogP contribution in [-0.4, -0.2) is 7.11 Å². The largest absolute Gasteiger partial charge is 0.496 e. The van der Waals surface area contributed by atoms with E-state index in [0.29, 0.717) is 5.92 Å². The summed E-state index contributed by atoms with van der Waals surface area (Å²) in [6.07, 6.45) is 10.8. The number of allylic oxidation sites excluding steroid dienone is 4. The minimum absolute atomic E-state index is 0.504. The Morgan fingerprint density at radius 2 is 2.19 bits per heavy atom. The zero-order chi connectivity index (χ0) is 11.4. The van der Waals surface area contributed by atoms with Crippen LogP contribution in [0.25, 0.3) is 0 Å². The Hall–Kier alpha value is -1.50. The SMILES string of the molecule is CCc1ccc(C2C=CC=CC2)cc1OC. The third-order valence-electron chi connectivity index (χ3n) is 3.10. The summed E-state index contributed by atoms with van der Waals surface area (Å²) >= 11 is 0. The fourth-order valence-electron chi connectivity index (χ4n) is 2.11. The van der Waals surface area contributed by atoms with Crippen molar-refractivity contribution in [2.75, 3.05) is 7.11 Å². The molecule has 0 radical (unpaired) electrons. The molecule has 1 atom stereocenters. The zero-order valence-electron chi connectivity index (χ0n) is 9.94. The molecule has 0 fully saturated rings. The van der Waals surface area contributed by atoms with Crippen molar-refractivity contribution in [3.63, 3.8) is 0 Å². The molecule has 0 bridgehead atoms. The van der Waals surface area contributed by atoms with Crippen LogP contribution in [0.1, 0.15) is 30.4 Å². The number of benzene rings is 1. The smallest absolute Gasteiger partial charge is 0.122 e. The first-order chi connectivity index (χ1) is 7.85. The predicted octanol–water partition coefficient (Wildman–Crippen LogP) is 3.86. The molecule has 0 aromatic heterocycles. The minimum Gasteiger partial charge on any atom is -0.496 e. The Kier molecular flexibility index (Phi) is 3.45. The van der Waals surface area contributed by atoms with Crippen molar-refractivity contribution in [1.29, 1.82) is 0 Å². The molecular formula is C15H18O. The molecule has 0 amide bonds. The number of aryl methyl sites for hydroxylation is 1. The molecule has 84 valence electrons. The van der Waals surface area contributed by atoms with Crippen molar-refractivity contribution in [3.8, 4) is 5.75 Å². The second kappa shape index (κ2) is 5.02. The molecule has 1 aliphatic carbocycles. The molecule has 0 heterocycles. The van der Waals surface area contributed by atoms with Gasteiger partial charge in [-0.3, -0.25) is 0 Å². The highest BCUT2D eigenvalue weighted by Crippen LogP contribution is 2.29.